The first kappa shape index (κ1) is 15.2. The van der Waals surface area contributed by atoms with Gasteiger partial charge < -0.3 is 5.73 Å². The van der Waals surface area contributed by atoms with Crippen molar-refractivity contribution >= 4 is 17.7 Å². The minimum absolute atomic E-state index is 0.0508. The molecule has 0 aromatic heterocycles. The lowest BCUT2D eigenvalue weighted by molar-refractivity contribution is -0.113. The molecule has 0 aliphatic heterocycles. The van der Waals surface area contributed by atoms with Crippen molar-refractivity contribution in [1.82, 2.24) is 0 Å². The van der Waals surface area contributed by atoms with Gasteiger partial charge in [0.15, 0.2) is 5.78 Å². The summed E-state index contributed by atoms with van der Waals surface area (Å²) in [5.74, 6) is 0.340. The van der Waals surface area contributed by atoms with Gasteiger partial charge in [-0.2, -0.15) is 0 Å². The van der Waals surface area contributed by atoms with Crippen molar-refractivity contribution < 1.29 is 4.79 Å². The average Bonchev–Trinajstić information content (AvgIpc) is 2.38. The van der Waals surface area contributed by atoms with E-state index in [4.69, 9.17) is 5.73 Å². The van der Waals surface area contributed by atoms with Crippen LogP contribution in [-0.2, 0) is 4.79 Å². The summed E-state index contributed by atoms with van der Waals surface area (Å²) in [5.41, 5.74) is 8.98. The molecule has 19 heavy (non-hydrogen) atoms. The number of allylic oxidation sites excluding steroid dienone is 2. The van der Waals surface area contributed by atoms with E-state index in [2.05, 4.69) is 24.9 Å². The summed E-state index contributed by atoms with van der Waals surface area (Å²) in [6, 6.07) is 7.94. The van der Waals surface area contributed by atoms with Crippen LogP contribution in [0.1, 0.15) is 45.6 Å². The largest absolute Gasteiger partial charge is 0.401 e. The number of para-hydroxylation sites is 1. The Hall–Kier alpha value is -1.90. The van der Waals surface area contributed by atoms with Crippen LogP contribution in [0.15, 0.2) is 40.5 Å². The molecule has 2 N–H and O–H groups in total. The maximum Gasteiger partial charge on any atom is 0.163 e. The number of carbonyl (C=O) groups is 1. The molecule has 0 unspecified atom stereocenters. The van der Waals surface area contributed by atoms with Crippen LogP contribution < -0.4 is 5.73 Å². The van der Waals surface area contributed by atoms with Gasteiger partial charge in [-0.25, -0.2) is 0 Å². The van der Waals surface area contributed by atoms with E-state index in [-0.39, 0.29) is 5.78 Å². The third-order valence-corrected chi connectivity index (χ3v) is 3.00. The zero-order chi connectivity index (χ0) is 14.4. The van der Waals surface area contributed by atoms with Crippen LogP contribution in [0.2, 0.25) is 0 Å². The smallest absolute Gasteiger partial charge is 0.163 e. The van der Waals surface area contributed by atoms with Crippen molar-refractivity contribution in [2.75, 3.05) is 0 Å². The van der Waals surface area contributed by atoms with E-state index in [9.17, 15) is 4.79 Å². The van der Waals surface area contributed by atoms with Gasteiger partial charge >= 0.3 is 0 Å². The van der Waals surface area contributed by atoms with Gasteiger partial charge in [0.1, 0.15) is 0 Å². The number of nitrogens with two attached hydrogens (primary N) is 1. The summed E-state index contributed by atoms with van der Waals surface area (Å²) in [4.78, 5) is 16.0. The van der Waals surface area contributed by atoms with E-state index in [1.165, 1.54) is 6.92 Å². The Morgan fingerprint density at radius 2 is 2.00 bits per heavy atom. The molecule has 0 atom stereocenters. The Morgan fingerprint density at radius 1 is 1.37 bits per heavy atom. The summed E-state index contributed by atoms with van der Waals surface area (Å²) >= 11 is 0. The molecule has 0 saturated heterocycles. The van der Waals surface area contributed by atoms with Gasteiger partial charge in [-0.3, -0.25) is 9.79 Å². The van der Waals surface area contributed by atoms with E-state index in [1.54, 1.807) is 6.21 Å². The second kappa shape index (κ2) is 6.88. The van der Waals surface area contributed by atoms with Gasteiger partial charge in [0, 0.05) is 11.9 Å². The molecule has 0 spiro atoms. The van der Waals surface area contributed by atoms with Gasteiger partial charge in [0.25, 0.3) is 0 Å². The maximum atomic E-state index is 11.6. The van der Waals surface area contributed by atoms with Crippen LogP contribution >= 0.6 is 0 Å². The molecule has 0 radical (unpaired) electrons. The van der Waals surface area contributed by atoms with Crippen molar-refractivity contribution in [1.29, 1.82) is 0 Å². The number of nitrogens with zero attached hydrogens (tertiary/aromatic N) is 1. The van der Waals surface area contributed by atoms with E-state index in [0.29, 0.717) is 23.6 Å². The predicted molar refractivity (Wildman–Crippen MR) is 80.9 cm³/mol. The van der Waals surface area contributed by atoms with Gasteiger partial charge in [0.2, 0.25) is 0 Å². The highest BCUT2D eigenvalue weighted by atomic mass is 16.1. The lowest BCUT2D eigenvalue weighted by Gasteiger charge is -2.09. The molecule has 1 aromatic rings. The van der Waals surface area contributed by atoms with Crippen LogP contribution in [0.3, 0.4) is 0 Å². The number of carbonyl (C=O) groups excluding carboxylic acids is 1. The monoisotopic (exact) mass is 258 g/mol. The van der Waals surface area contributed by atoms with Crippen LogP contribution in [-0.4, -0.2) is 12.0 Å². The summed E-state index contributed by atoms with van der Waals surface area (Å²) in [7, 11) is 0. The zero-order valence-electron chi connectivity index (χ0n) is 12.1. The highest BCUT2D eigenvalue weighted by molar-refractivity contribution is 6.13. The number of hydrogen-bond acceptors (Lipinski definition) is 3. The Kier molecular flexibility index (Phi) is 5.49. The third-order valence-electron chi connectivity index (χ3n) is 3.00. The fraction of sp³-hybridized carbons (Fsp3) is 0.375. The standard InChI is InChI=1S/C16H22N2O/c1-5-15(17)14(12(4)19)10-18-16-9-7-6-8-13(16)11(2)3/h6-11H,5,17H2,1-4H3/b15-14+,18-10?. The van der Waals surface area contributed by atoms with Gasteiger partial charge in [-0.1, -0.05) is 39.0 Å². The molecule has 0 aliphatic carbocycles. The van der Waals surface area contributed by atoms with Crippen molar-refractivity contribution in [3.05, 3.63) is 41.1 Å². The Morgan fingerprint density at radius 3 is 2.53 bits per heavy atom. The zero-order valence-corrected chi connectivity index (χ0v) is 12.1. The van der Waals surface area contributed by atoms with E-state index >= 15 is 0 Å². The second-order valence-electron chi connectivity index (χ2n) is 4.82. The molecule has 0 aliphatic rings. The van der Waals surface area contributed by atoms with Crippen molar-refractivity contribution in [2.24, 2.45) is 10.7 Å². The molecule has 0 fully saturated rings. The fourth-order valence-corrected chi connectivity index (χ4v) is 1.82. The van der Waals surface area contributed by atoms with Crippen molar-refractivity contribution in [3.8, 4) is 0 Å². The van der Waals surface area contributed by atoms with E-state index < -0.39 is 0 Å². The molecular formula is C16H22N2O. The number of benzene rings is 1. The molecule has 3 heteroatoms. The fourth-order valence-electron chi connectivity index (χ4n) is 1.82. The van der Waals surface area contributed by atoms with Crippen LogP contribution in [0.5, 0.6) is 0 Å². The molecule has 1 rings (SSSR count). The molecule has 0 amide bonds. The summed E-state index contributed by atoms with van der Waals surface area (Å²) in [6.45, 7) is 7.68. The molecular weight excluding hydrogens is 236 g/mol. The van der Waals surface area contributed by atoms with Crippen molar-refractivity contribution in [3.63, 3.8) is 0 Å². The highest BCUT2D eigenvalue weighted by Gasteiger charge is 2.07. The second-order valence-corrected chi connectivity index (χ2v) is 4.82. The number of rotatable bonds is 5. The number of Topliss-reactive ketones (excluding diaryl/α,β-unsaturated/α-hetero) is 1. The topological polar surface area (TPSA) is 55.4 Å². The molecule has 0 heterocycles. The highest BCUT2D eigenvalue weighted by Crippen LogP contribution is 2.26. The molecule has 3 nitrogen and oxygen atoms in total. The van der Waals surface area contributed by atoms with Gasteiger partial charge in [0.05, 0.1) is 11.3 Å². The van der Waals surface area contributed by atoms with E-state index in [1.807, 2.05) is 25.1 Å². The normalized spacial score (nSPS) is 12.9. The molecule has 0 saturated carbocycles. The number of aliphatic imine (C=N–C) groups is 1. The average molecular weight is 258 g/mol. The quantitative estimate of drug-likeness (QED) is 0.646. The summed E-state index contributed by atoms with van der Waals surface area (Å²) in [6.07, 6.45) is 2.23. The minimum Gasteiger partial charge on any atom is -0.401 e. The molecule has 0 bridgehead atoms. The molecule has 1 aromatic carbocycles. The van der Waals surface area contributed by atoms with Gasteiger partial charge in [-0.15, -0.1) is 0 Å². The summed E-state index contributed by atoms with van der Waals surface area (Å²) in [5, 5.41) is 0. The number of hydrogen-bond donors (Lipinski definition) is 1. The van der Waals surface area contributed by atoms with Crippen LogP contribution in [0.4, 0.5) is 5.69 Å². The Labute approximate surface area is 115 Å². The van der Waals surface area contributed by atoms with Crippen molar-refractivity contribution in [2.45, 2.75) is 40.0 Å². The van der Waals surface area contributed by atoms with Gasteiger partial charge in [-0.05, 0) is 30.9 Å². The lowest BCUT2D eigenvalue weighted by Crippen LogP contribution is -2.09. The first-order valence-electron chi connectivity index (χ1n) is 6.59. The minimum atomic E-state index is -0.0508. The SMILES string of the molecule is CC/C(N)=C(/C=Nc1ccccc1C(C)C)C(C)=O. The summed E-state index contributed by atoms with van der Waals surface area (Å²) < 4.78 is 0. The third kappa shape index (κ3) is 4.05. The predicted octanol–water partition coefficient (Wildman–Crippen LogP) is 3.72. The Balaban J connectivity index is 3.14. The first-order chi connectivity index (χ1) is 8.97. The van der Waals surface area contributed by atoms with Crippen LogP contribution in [0, 0.1) is 0 Å². The first-order valence-corrected chi connectivity index (χ1v) is 6.59. The molecule has 102 valence electrons. The Bertz CT molecular complexity index is 513. The van der Waals surface area contributed by atoms with E-state index in [0.717, 1.165) is 11.3 Å². The lowest BCUT2D eigenvalue weighted by atomic mass is 10.0. The van der Waals surface area contributed by atoms with Crippen LogP contribution in [0.25, 0.3) is 0 Å². The maximum absolute atomic E-state index is 11.6. The number of ketones is 1.